The Morgan fingerprint density at radius 1 is 1.00 bits per heavy atom. The second-order valence-corrected chi connectivity index (χ2v) is 8.27. The van der Waals surface area contributed by atoms with Crippen LogP contribution in [0.4, 0.5) is 16.2 Å². The molecule has 2 aromatic carbocycles. The molecule has 10 heteroatoms. The molecule has 30 heavy (non-hydrogen) atoms. The molecular formula is C20H25N3O6S. The topological polar surface area (TPSA) is 123 Å². The number of nitrogens with one attached hydrogen (secondary N) is 3. The number of hydrogen-bond acceptors (Lipinski definition) is 6. The van der Waals surface area contributed by atoms with Crippen molar-refractivity contribution in [3.8, 4) is 0 Å². The fourth-order valence-corrected chi connectivity index (χ4v) is 3.66. The van der Waals surface area contributed by atoms with Crippen LogP contribution in [-0.2, 0) is 19.5 Å². The van der Waals surface area contributed by atoms with E-state index in [4.69, 9.17) is 9.47 Å². The number of methoxy groups -OCH3 is 1. The Morgan fingerprint density at radius 3 is 2.30 bits per heavy atom. The number of benzene rings is 2. The quantitative estimate of drug-likeness (QED) is 0.548. The van der Waals surface area contributed by atoms with E-state index in [0.29, 0.717) is 22.5 Å². The Morgan fingerprint density at radius 2 is 1.67 bits per heavy atom. The Bertz CT molecular complexity index is 1040. The van der Waals surface area contributed by atoms with Crippen molar-refractivity contribution in [1.82, 2.24) is 4.72 Å². The number of anilines is 2. The van der Waals surface area contributed by atoms with Crippen LogP contribution in [0.2, 0.25) is 0 Å². The number of amides is 2. The van der Waals surface area contributed by atoms with Crippen LogP contribution in [-0.4, -0.2) is 47.8 Å². The lowest BCUT2D eigenvalue weighted by Crippen LogP contribution is -2.21. The average molecular weight is 436 g/mol. The normalized spacial score (nSPS) is 11.1. The van der Waals surface area contributed by atoms with E-state index in [9.17, 15) is 18.0 Å². The van der Waals surface area contributed by atoms with Gasteiger partial charge in [0.25, 0.3) is 5.91 Å². The zero-order chi connectivity index (χ0) is 22.3. The van der Waals surface area contributed by atoms with Crippen LogP contribution in [0.5, 0.6) is 0 Å². The van der Waals surface area contributed by atoms with E-state index >= 15 is 0 Å². The van der Waals surface area contributed by atoms with E-state index in [0.717, 1.165) is 0 Å². The molecule has 0 fully saturated rings. The molecule has 0 aromatic heterocycles. The van der Waals surface area contributed by atoms with E-state index in [2.05, 4.69) is 15.4 Å². The highest BCUT2D eigenvalue weighted by molar-refractivity contribution is 7.89. The second-order valence-electron chi connectivity index (χ2n) is 6.41. The van der Waals surface area contributed by atoms with Gasteiger partial charge in [-0.15, -0.1) is 0 Å². The summed E-state index contributed by atoms with van der Waals surface area (Å²) < 4.78 is 36.5. The Balaban J connectivity index is 2.18. The number of rotatable bonds is 8. The SMILES string of the molecule is CNS(=O)(=O)c1cc(C(=O)Nc2cccc(NC(=O)OCCOC)c2)cc(C)c1C. The molecule has 162 valence electrons. The highest BCUT2D eigenvalue weighted by Gasteiger charge is 2.19. The van der Waals surface area contributed by atoms with Gasteiger partial charge in [0.1, 0.15) is 6.61 Å². The summed E-state index contributed by atoms with van der Waals surface area (Å²) >= 11 is 0. The minimum absolute atomic E-state index is 0.0457. The van der Waals surface area contributed by atoms with E-state index < -0.39 is 22.0 Å². The molecule has 2 amide bonds. The van der Waals surface area contributed by atoms with Gasteiger partial charge in [-0.05, 0) is 62.4 Å². The fraction of sp³-hybridized carbons (Fsp3) is 0.300. The van der Waals surface area contributed by atoms with Crippen LogP contribution in [0.3, 0.4) is 0 Å². The van der Waals surface area contributed by atoms with Gasteiger partial charge in [-0.2, -0.15) is 0 Å². The van der Waals surface area contributed by atoms with Gasteiger partial charge in [-0.3, -0.25) is 10.1 Å². The van der Waals surface area contributed by atoms with Gasteiger partial charge >= 0.3 is 6.09 Å². The van der Waals surface area contributed by atoms with Gasteiger partial charge in [0.15, 0.2) is 0 Å². The van der Waals surface area contributed by atoms with Gasteiger partial charge < -0.3 is 14.8 Å². The number of sulfonamides is 1. The summed E-state index contributed by atoms with van der Waals surface area (Å²) in [4.78, 5) is 24.5. The summed E-state index contributed by atoms with van der Waals surface area (Å²) in [6.07, 6.45) is -0.647. The first kappa shape index (κ1) is 23.3. The van der Waals surface area contributed by atoms with Crippen molar-refractivity contribution in [2.45, 2.75) is 18.7 Å². The third kappa shape index (κ3) is 6.02. The monoisotopic (exact) mass is 435 g/mol. The van der Waals surface area contributed by atoms with Crippen molar-refractivity contribution in [1.29, 1.82) is 0 Å². The summed E-state index contributed by atoms with van der Waals surface area (Å²) in [6, 6.07) is 9.44. The Hall–Kier alpha value is -2.95. The zero-order valence-corrected chi connectivity index (χ0v) is 18.1. The van der Waals surface area contributed by atoms with Crippen LogP contribution in [0, 0.1) is 13.8 Å². The van der Waals surface area contributed by atoms with Gasteiger partial charge in [-0.25, -0.2) is 17.9 Å². The molecule has 0 aliphatic carbocycles. The van der Waals surface area contributed by atoms with Crippen LogP contribution in [0.1, 0.15) is 21.5 Å². The largest absolute Gasteiger partial charge is 0.447 e. The summed E-state index contributed by atoms with van der Waals surface area (Å²) in [6.45, 7) is 3.82. The summed E-state index contributed by atoms with van der Waals surface area (Å²) in [5, 5.41) is 5.25. The first-order chi connectivity index (χ1) is 14.2. The molecular weight excluding hydrogens is 410 g/mol. The van der Waals surface area contributed by atoms with Gasteiger partial charge in [-0.1, -0.05) is 6.07 Å². The molecule has 3 N–H and O–H groups in total. The van der Waals surface area contributed by atoms with Crippen molar-refractivity contribution >= 4 is 33.4 Å². The highest BCUT2D eigenvalue weighted by atomic mass is 32.2. The standard InChI is InChI=1S/C20H25N3O6S/c1-13-10-15(11-18(14(13)2)30(26,27)21-3)19(24)22-16-6-5-7-17(12-16)23-20(25)29-9-8-28-4/h5-7,10-12,21H,8-9H2,1-4H3,(H,22,24)(H,23,25). The smallest absolute Gasteiger partial charge is 0.411 e. The number of carbonyl (C=O) groups is 2. The maximum absolute atomic E-state index is 12.7. The van der Waals surface area contributed by atoms with Crippen molar-refractivity contribution in [3.05, 3.63) is 53.1 Å². The van der Waals surface area contributed by atoms with Crippen LogP contribution in [0.15, 0.2) is 41.3 Å². The van der Waals surface area contributed by atoms with E-state index in [1.807, 2.05) is 0 Å². The Labute approximate surface area is 175 Å². The second kappa shape index (κ2) is 10.2. The first-order valence-corrected chi connectivity index (χ1v) is 10.5. The van der Waals surface area contributed by atoms with Gasteiger partial charge in [0.05, 0.1) is 11.5 Å². The predicted molar refractivity (Wildman–Crippen MR) is 113 cm³/mol. The molecule has 0 heterocycles. The third-order valence-corrected chi connectivity index (χ3v) is 5.87. The maximum Gasteiger partial charge on any atom is 0.411 e. The number of carbonyl (C=O) groups excluding carboxylic acids is 2. The molecule has 2 rings (SSSR count). The van der Waals surface area contributed by atoms with E-state index in [1.54, 1.807) is 44.2 Å². The summed E-state index contributed by atoms with van der Waals surface area (Å²) in [5.74, 6) is -0.481. The van der Waals surface area contributed by atoms with Crippen molar-refractivity contribution < 1.29 is 27.5 Å². The van der Waals surface area contributed by atoms with E-state index in [-0.39, 0.29) is 23.7 Å². The number of aryl methyl sites for hydroxylation is 1. The number of hydrogen-bond donors (Lipinski definition) is 3. The lowest BCUT2D eigenvalue weighted by atomic mass is 10.1. The molecule has 0 saturated heterocycles. The molecule has 0 radical (unpaired) electrons. The third-order valence-electron chi connectivity index (χ3n) is 4.33. The zero-order valence-electron chi connectivity index (χ0n) is 17.2. The van der Waals surface area contributed by atoms with Crippen molar-refractivity contribution in [3.63, 3.8) is 0 Å². The molecule has 9 nitrogen and oxygen atoms in total. The molecule has 0 saturated carbocycles. The minimum atomic E-state index is -3.71. The molecule has 0 aliphatic heterocycles. The van der Waals surface area contributed by atoms with Gasteiger partial charge in [0.2, 0.25) is 10.0 Å². The summed E-state index contributed by atoms with van der Waals surface area (Å²) in [7, 11) is -0.895. The number of ether oxygens (including phenoxy) is 2. The molecule has 2 aromatic rings. The maximum atomic E-state index is 12.7. The van der Waals surface area contributed by atoms with Gasteiger partial charge in [0, 0.05) is 24.0 Å². The van der Waals surface area contributed by atoms with Crippen LogP contribution >= 0.6 is 0 Å². The average Bonchev–Trinajstić information content (AvgIpc) is 2.70. The molecule has 0 atom stereocenters. The predicted octanol–water partition coefficient (Wildman–Crippen LogP) is 2.66. The first-order valence-electron chi connectivity index (χ1n) is 9.07. The van der Waals surface area contributed by atoms with Crippen molar-refractivity contribution in [2.24, 2.45) is 0 Å². The molecule has 0 unspecified atom stereocenters. The Kier molecular flexibility index (Phi) is 7.93. The molecule has 0 aliphatic rings. The molecule has 0 bridgehead atoms. The fourth-order valence-electron chi connectivity index (χ4n) is 2.60. The lowest BCUT2D eigenvalue weighted by Gasteiger charge is -2.13. The van der Waals surface area contributed by atoms with Crippen molar-refractivity contribution in [2.75, 3.05) is 38.0 Å². The highest BCUT2D eigenvalue weighted by Crippen LogP contribution is 2.22. The lowest BCUT2D eigenvalue weighted by molar-refractivity contribution is 0.102. The molecule has 0 spiro atoms. The summed E-state index contributed by atoms with van der Waals surface area (Å²) in [5.41, 5.74) is 2.29. The van der Waals surface area contributed by atoms with Crippen LogP contribution < -0.4 is 15.4 Å². The minimum Gasteiger partial charge on any atom is -0.447 e. The van der Waals surface area contributed by atoms with E-state index in [1.165, 1.54) is 20.2 Å². The van der Waals surface area contributed by atoms with Crippen LogP contribution in [0.25, 0.3) is 0 Å².